The number of imide groups is 1. The number of hydrogen-bond acceptors (Lipinski definition) is 4. The number of benzene rings is 2. The summed E-state index contributed by atoms with van der Waals surface area (Å²) in [6, 6.07) is 12.7. The fourth-order valence-electron chi connectivity index (χ4n) is 4.38. The third-order valence-corrected chi connectivity index (χ3v) is 6.52. The second-order valence-corrected chi connectivity index (χ2v) is 9.02. The quantitative estimate of drug-likeness (QED) is 0.642. The topological polar surface area (TPSA) is 61.9 Å². The van der Waals surface area contributed by atoms with Gasteiger partial charge in [0.05, 0.1) is 6.61 Å². The van der Waals surface area contributed by atoms with Gasteiger partial charge in [-0.05, 0) is 65.6 Å². The van der Waals surface area contributed by atoms with E-state index in [1.807, 2.05) is 12.1 Å². The summed E-state index contributed by atoms with van der Waals surface area (Å²) in [4.78, 5) is 28.3. The lowest BCUT2D eigenvalue weighted by Crippen LogP contribution is -2.34. The van der Waals surface area contributed by atoms with Crippen LogP contribution in [-0.2, 0) is 22.6 Å². The van der Waals surface area contributed by atoms with E-state index in [1.54, 1.807) is 17.0 Å². The normalized spacial score (nSPS) is 21.1. The van der Waals surface area contributed by atoms with Gasteiger partial charge >= 0.3 is 6.03 Å². The molecule has 2 aliphatic heterocycles. The first-order valence-corrected chi connectivity index (χ1v) is 11.3. The van der Waals surface area contributed by atoms with Crippen molar-refractivity contribution in [3.05, 3.63) is 59.4 Å². The van der Waals surface area contributed by atoms with Crippen LogP contribution in [0.3, 0.4) is 0 Å². The zero-order valence-corrected chi connectivity index (χ0v) is 18.1. The highest BCUT2D eigenvalue weighted by molar-refractivity contribution is 6.02. The molecule has 2 saturated heterocycles. The van der Waals surface area contributed by atoms with E-state index in [0.717, 1.165) is 48.1 Å². The van der Waals surface area contributed by atoms with Gasteiger partial charge in [-0.2, -0.15) is 0 Å². The van der Waals surface area contributed by atoms with Gasteiger partial charge in [-0.25, -0.2) is 9.18 Å². The smallest absolute Gasteiger partial charge is 0.327 e. The number of carbonyl (C=O) groups is 2. The van der Waals surface area contributed by atoms with E-state index in [2.05, 4.69) is 11.4 Å². The minimum absolute atomic E-state index is 0.104. The van der Waals surface area contributed by atoms with E-state index in [4.69, 9.17) is 4.74 Å². The van der Waals surface area contributed by atoms with Crippen LogP contribution in [0.4, 0.5) is 9.18 Å². The number of nitrogens with one attached hydrogen (secondary N) is 1. The first-order valence-electron chi connectivity index (χ1n) is 11.3. The molecule has 2 aromatic rings. The van der Waals surface area contributed by atoms with Gasteiger partial charge in [0.15, 0.2) is 0 Å². The number of nitrogens with zero attached hydrogens (tertiary/aromatic N) is 2. The van der Waals surface area contributed by atoms with Crippen LogP contribution in [0.1, 0.15) is 30.4 Å². The molecule has 3 aliphatic rings. The van der Waals surface area contributed by atoms with Crippen molar-refractivity contribution in [3.63, 3.8) is 0 Å². The maximum absolute atomic E-state index is 13.4. The largest absolute Gasteiger partial charge is 0.380 e. The highest BCUT2D eigenvalue weighted by atomic mass is 19.1. The highest BCUT2D eigenvalue weighted by Gasteiger charge is 2.39. The van der Waals surface area contributed by atoms with Gasteiger partial charge in [0.2, 0.25) is 5.91 Å². The standard InChI is InChI=1S/C25H28FN3O3/c26-22-7-5-18(6-8-22)19-3-4-20(21(11-19)12-27-23-9-10-32-16-23)14-28-15-24(30)29(25(28)31)13-17-1-2-17/h3-8,11,17,23,27H,1-2,9-10,12-16H2/t23-/m0/s1. The van der Waals surface area contributed by atoms with E-state index < -0.39 is 0 Å². The summed E-state index contributed by atoms with van der Waals surface area (Å²) in [5, 5.41) is 3.55. The number of carbonyl (C=O) groups excluding carboxylic acids is 2. The van der Waals surface area contributed by atoms with Gasteiger partial charge in [-0.15, -0.1) is 0 Å². The first-order chi connectivity index (χ1) is 15.6. The molecule has 3 fully saturated rings. The molecule has 1 atom stereocenters. The number of amides is 3. The first kappa shape index (κ1) is 21.1. The van der Waals surface area contributed by atoms with Crippen LogP contribution in [0.2, 0.25) is 0 Å². The van der Waals surface area contributed by atoms with Crippen LogP contribution in [0.15, 0.2) is 42.5 Å². The maximum atomic E-state index is 13.4. The van der Waals surface area contributed by atoms with Crippen molar-refractivity contribution in [2.24, 2.45) is 5.92 Å². The van der Waals surface area contributed by atoms with Crippen molar-refractivity contribution in [1.82, 2.24) is 15.1 Å². The van der Waals surface area contributed by atoms with E-state index >= 15 is 0 Å². The van der Waals surface area contributed by atoms with Gasteiger partial charge < -0.3 is 15.0 Å². The summed E-state index contributed by atoms with van der Waals surface area (Å²) in [6.45, 7) is 3.18. The average Bonchev–Trinajstić information content (AvgIpc) is 3.39. The number of halogens is 1. The summed E-state index contributed by atoms with van der Waals surface area (Å²) in [5.41, 5.74) is 4.01. The minimum atomic E-state index is -0.263. The number of ether oxygens (including phenoxy) is 1. The van der Waals surface area contributed by atoms with Crippen LogP contribution in [0.5, 0.6) is 0 Å². The molecule has 1 N–H and O–H groups in total. The monoisotopic (exact) mass is 437 g/mol. The molecular formula is C25H28FN3O3. The average molecular weight is 438 g/mol. The van der Waals surface area contributed by atoms with Gasteiger partial charge in [-0.1, -0.05) is 24.3 Å². The van der Waals surface area contributed by atoms with Gasteiger partial charge in [0, 0.05) is 32.3 Å². The fraction of sp³-hybridized carbons (Fsp3) is 0.440. The Labute approximate surface area is 187 Å². The van der Waals surface area contributed by atoms with Crippen molar-refractivity contribution in [1.29, 1.82) is 0 Å². The third-order valence-electron chi connectivity index (χ3n) is 6.52. The molecule has 3 amide bonds. The van der Waals surface area contributed by atoms with E-state index in [-0.39, 0.29) is 24.3 Å². The number of rotatable bonds is 8. The lowest BCUT2D eigenvalue weighted by atomic mass is 9.98. The Morgan fingerprint density at radius 2 is 1.78 bits per heavy atom. The lowest BCUT2D eigenvalue weighted by molar-refractivity contribution is -0.125. The summed E-state index contributed by atoms with van der Waals surface area (Å²) >= 11 is 0. The Bertz CT molecular complexity index is 1000. The Hall–Kier alpha value is -2.77. The molecule has 2 heterocycles. The highest BCUT2D eigenvalue weighted by Crippen LogP contribution is 2.31. The Balaban J connectivity index is 1.36. The van der Waals surface area contributed by atoms with Crippen molar-refractivity contribution in [2.45, 2.75) is 38.4 Å². The molecule has 1 saturated carbocycles. The molecule has 1 aliphatic carbocycles. The zero-order chi connectivity index (χ0) is 22.1. The van der Waals surface area contributed by atoms with Crippen molar-refractivity contribution >= 4 is 11.9 Å². The van der Waals surface area contributed by atoms with Crippen LogP contribution >= 0.6 is 0 Å². The van der Waals surface area contributed by atoms with Gasteiger partial charge in [0.1, 0.15) is 12.4 Å². The molecule has 5 rings (SSSR count). The van der Waals surface area contributed by atoms with Crippen LogP contribution in [0, 0.1) is 11.7 Å². The van der Waals surface area contributed by atoms with Crippen LogP contribution in [0.25, 0.3) is 11.1 Å². The summed E-state index contributed by atoms with van der Waals surface area (Å²) in [7, 11) is 0. The van der Waals surface area contributed by atoms with Crippen LogP contribution in [-0.4, -0.2) is 54.1 Å². The molecule has 0 spiro atoms. The Morgan fingerprint density at radius 3 is 2.50 bits per heavy atom. The van der Waals surface area contributed by atoms with Crippen molar-refractivity contribution in [2.75, 3.05) is 26.3 Å². The van der Waals surface area contributed by atoms with Crippen LogP contribution < -0.4 is 5.32 Å². The summed E-state index contributed by atoms with van der Waals surface area (Å²) in [6.07, 6.45) is 3.17. The Kier molecular flexibility index (Phi) is 5.93. The molecule has 0 aromatic heterocycles. The SMILES string of the molecule is O=C1CN(Cc2ccc(-c3ccc(F)cc3)cc2CN[C@H]2CCOC2)C(=O)N1CC1CC1. The van der Waals surface area contributed by atoms with Crippen molar-refractivity contribution < 1.29 is 18.7 Å². The predicted molar refractivity (Wildman–Crippen MR) is 118 cm³/mol. The molecule has 6 nitrogen and oxygen atoms in total. The maximum Gasteiger partial charge on any atom is 0.327 e. The molecule has 0 radical (unpaired) electrons. The number of urea groups is 1. The second kappa shape index (κ2) is 9.00. The fourth-order valence-corrected chi connectivity index (χ4v) is 4.38. The van der Waals surface area contributed by atoms with Crippen molar-refractivity contribution in [3.8, 4) is 11.1 Å². The van der Waals surface area contributed by atoms with E-state index in [9.17, 15) is 14.0 Å². The molecule has 32 heavy (non-hydrogen) atoms. The summed E-state index contributed by atoms with van der Waals surface area (Å²) < 4.78 is 18.8. The van der Waals surface area contributed by atoms with E-state index in [0.29, 0.717) is 38.2 Å². The molecular weight excluding hydrogens is 409 g/mol. The van der Waals surface area contributed by atoms with E-state index in [1.165, 1.54) is 17.0 Å². The predicted octanol–water partition coefficient (Wildman–Crippen LogP) is 3.55. The second-order valence-electron chi connectivity index (χ2n) is 9.02. The number of hydrogen-bond donors (Lipinski definition) is 1. The zero-order valence-electron chi connectivity index (χ0n) is 18.1. The van der Waals surface area contributed by atoms with Gasteiger partial charge in [0.25, 0.3) is 0 Å². The van der Waals surface area contributed by atoms with Gasteiger partial charge in [-0.3, -0.25) is 9.69 Å². The molecule has 0 unspecified atom stereocenters. The summed E-state index contributed by atoms with van der Waals surface area (Å²) in [5.74, 6) is 0.111. The molecule has 7 heteroatoms. The molecule has 2 aromatic carbocycles. The molecule has 168 valence electrons. The lowest BCUT2D eigenvalue weighted by Gasteiger charge is -2.20. The third kappa shape index (κ3) is 4.69. The minimum Gasteiger partial charge on any atom is -0.380 e. The Morgan fingerprint density at radius 1 is 1.00 bits per heavy atom. The molecule has 0 bridgehead atoms.